The summed E-state index contributed by atoms with van der Waals surface area (Å²) < 4.78 is 30.6. The van der Waals surface area contributed by atoms with Crippen molar-refractivity contribution in [1.29, 1.82) is 0 Å². The standard InChI is InChI=1S/C11H9F2NO/c1-15-9-5-4-8-7(3-2-6-14-8)10(9)11(12)13/h2-6,11H,1H3. The molecule has 0 saturated carbocycles. The molecule has 0 aliphatic heterocycles. The average Bonchev–Trinajstić information content (AvgIpc) is 2.27. The molecule has 1 aromatic heterocycles. The van der Waals surface area contributed by atoms with Crippen molar-refractivity contribution in [1.82, 2.24) is 4.98 Å². The first kappa shape index (κ1) is 9.83. The molecular weight excluding hydrogens is 200 g/mol. The lowest BCUT2D eigenvalue weighted by Crippen LogP contribution is -1.94. The summed E-state index contributed by atoms with van der Waals surface area (Å²) in [5.41, 5.74) is 0.455. The summed E-state index contributed by atoms with van der Waals surface area (Å²) in [7, 11) is 1.38. The molecular formula is C11H9F2NO. The fourth-order valence-corrected chi connectivity index (χ4v) is 1.56. The molecule has 0 N–H and O–H groups in total. The first-order valence-corrected chi connectivity index (χ1v) is 4.44. The van der Waals surface area contributed by atoms with Gasteiger partial charge in [-0.05, 0) is 18.2 Å². The highest BCUT2D eigenvalue weighted by Gasteiger charge is 2.17. The van der Waals surface area contributed by atoms with Gasteiger partial charge in [-0.15, -0.1) is 0 Å². The van der Waals surface area contributed by atoms with Crippen LogP contribution in [0, 0.1) is 0 Å². The summed E-state index contributed by atoms with van der Waals surface area (Å²) >= 11 is 0. The Kier molecular flexibility index (Phi) is 2.49. The monoisotopic (exact) mass is 209 g/mol. The molecule has 1 heterocycles. The van der Waals surface area contributed by atoms with Crippen molar-refractivity contribution in [2.45, 2.75) is 6.43 Å². The maximum atomic E-state index is 12.8. The van der Waals surface area contributed by atoms with E-state index in [0.29, 0.717) is 10.9 Å². The molecule has 0 saturated heterocycles. The van der Waals surface area contributed by atoms with Crippen LogP contribution in [0.25, 0.3) is 10.9 Å². The number of fused-ring (bicyclic) bond motifs is 1. The molecule has 0 bridgehead atoms. The van der Waals surface area contributed by atoms with Crippen LogP contribution in [0.2, 0.25) is 0 Å². The molecule has 2 aromatic rings. The van der Waals surface area contributed by atoms with Gasteiger partial charge in [0.1, 0.15) is 5.75 Å². The van der Waals surface area contributed by atoms with E-state index in [4.69, 9.17) is 4.74 Å². The van der Waals surface area contributed by atoms with Gasteiger partial charge >= 0.3 is 0 Å². The first-order chi connectivity index (χ1) is 7.24. The highest BCUT2D eigenvalue weighted by molar-refractivity contribution is 5.84. The Morgan fingerprint density at radius 2 is 2.07 bits per heavy atom. The number of ether oxygens (including phenoxy) is 1. The predicted octanol–water partition coefficient (Wildman–Crippen LogP) is 3.18. The van der Waals surface area contributed by atoms with Crippen LogP contribution in [0.5, 0.6) is 5.75 Å². The third-order valence-corrected chi connectivity index (χ3v) is 2.22. The zero-order chi connectivity index (χ0) is 10.8. The van der Waals surface area contributed by atoms with E-state index in [1.165, 1.54) is 13.2 Å². The van der Waals surface area contributed by atoms with E-state index in [0.717, 1.165) is 0 Å². The molecule has 2 rings (SSSR count). The molecule has 15 heavy (non-hydrogen) atoms. The Morgan fingerprint density at radius 3 is 2.73 bits per heavy atom. The van der Waals surface area contributed by atoms with Crippen LogP contribution in [0.4, 0.5) is 8.78 Å². The smallest absolute Gasteiger partial charge is 0.268 e. The highest BCUT2D eigenvalue weighted by atomic mass is 19.3. The van der Waals surface area contributed by atoms with Gasteiger partial charge in [0.2, 0.25) is 0 Å². The lowest BCUT2D eigenvalue weighted by Gasteiger charge is -2.10. The molecule has 0 amide bonds. The topological polar surface area (TPSA) is 22.1 Å². The van der Waals surface area contributed by atoms with Gasteiger partial charge in [0.25, 0.3) is 6.43 Å². The van der Waals surface area contributed by atoms with Gasteiger partial charge in [-0.2, -0.15) is 0 Å². The van der Waals surface area contributed by atoms with Crippen molar-refractivity contribution in [3.63, 3.8) is 0 Å². The molecule has 0 spiro atoms. The van der Waals surface area contributed by atoms with Crippen LogP contribution in [-0.2, 0) is 0 Å². The Morgan fingerprint density at radius 1 is 1.27 bits per heavy atom. The summed E-state index contributed by atoms with van der Waals surface area (Å²) in [5, 5.41) is 0.437. The Bertz CT molecular complexity index is 485. The lowest BCUT2D eigenvalue weighted by atomic mass is 10.1. The van der Waals surface area contributed by atoms with Gasteiger partial charge in [-0.25, -0.2) is 8.78 Å². The number of halogens is 2. The summed E-state index contributed by atoms with van der Waals surface area (Å²) in [5.74, 6) is 0.200. The minimum atomic E-state index is -2.56. The fraction of sp³-hybridized carbons (Fsp3) is 0.182. The number of benzene rings is 1. The molecule has 0 radical (unpaired) electrons. The number of aromatic nitrogens is 1. The minimum absolute atomic E-state index is 0.0944. The number of hydrogen-bond acceptors (Lipinski definition) is 2. The van der Waals surface area contributed by atoms with Crippen molar-refractivity contribution in [3.05, 3.63) is 36.0 Å². The number of methoxy groups -OCH3 is 1. The van der Waals surface area contributed by atoms with Crippen molar-refractivity contribution < 1.29 is 13.5 Å². The van der Waals surface area contributed by atoms with E-state index < -0.39 is 6.43 Å². The Labute approximate surface area is 85.5 Å². The van der Waals surface area contributed by atoms with Gasteiger partial charge in [-0.3, -0.25) is 4.98 Å². The van der Waals surface area contributed by atoms with Gasteiger partial charge < -0.3 is 4.74 Å². The fourth-order valence-electron chi connectivity index (χ4n) is 1.56. The molecule has 78 valence electrons. The van der Waals surface area contributed by atoms with Gasteiger partial charge in [-0.1, -0.05) is 6.07 Å². The van der Waals surface area contributed by atoms with Gasteiger partial charge in [0.15, 0.2) is 0 Å². The van der Waals surface area contributed by atoms with Crippen LogP contribution in [0.3, 0.4) is 0 Å². The lowest BCUT2D eigenvalue weighted by molar-refractivity contribution is 0.149. The average molecular weight is 209 g/mol. The number of rotatable bonds is 2. The van der Waals surface area contributed by atoms with E-state index in [2.05, 4.69) is 4.98 Å². The Balaban J connectivity index is 2.79. The maximum absolute atomic E-state index is 12.8. The quantitative estimate of drug-likeness (QED) is 0.757. The van der Waals surface area contributed by atoms with Crippen LogP contribution in [-0.4, -0.2) is 12.1 Å². The van der Waals surface area contributed by atoms with E-state index in [-0.39, 0.29) is 11.3 Å². The minimum Gasteiger partial charge on any atom is -0.496 e. The van der Waals surface area contributed by atoms with E-state index in [9.17, 15) is 8.78 Å². The van der Waals surface area contributed by atoms with Crippen LogP contribution < -0.4 is 4.74 Å². The second-order valence-electron chi connectivity index (χ2n) is 3.05. The molecule has 0 fully saturated rings. The first-order valence-electron chi connectivity index (χ1n) is 4.44. The molecule has 1 aromatic carbocycles. The Hall–Kier alpha value is -1.71. The zero-order valence-corrected chi connectivity index (χ0v) is 8.08. The normalized spacial score (nSPS) is 10.9. The second-order valence-corrected chi connectivity index (χ2v) is 3.05. The van der Waals surface area contributed by atoms with Crippen LogP contribution in [0.15, 0.2) is 30.5 Å². The number of alkyl halides is 2. The summed E-state index contributed by atoms with van der Waals surface area (Å²) in [4.78, 5) is 4.01. The summed E-state index contributed by atoms with van der Waals surface area (Å²) in [6, 6.07) is 6.43. The number of hydrogen-bond donors (Lipinski definition) is 0. The van der Waals surface area contributed by atoms with E-state index in [1.807, 2.05) is 0 Å². The maximum Gasteiger partial charge on any atom is 0.268 e. The zero-order valence-electron chi connectivity index (χ0n) is 8.08. The van der Waals surface area contributed by atoms with Gasteiger partial charge in [0.05, 0.1) is 18.2 Å². The molecule has 4 heteroatoms. The van der Waals surface area contributed by atoms with Crippen molar-refractivity contribution in [3.8, 4) is 5.75 Å². The number of nitrogens with zero attached hydrogens (tertiary/aromatic N) is 1. The van der Waals surface area contributed by atoms with Crippen molar-refractivity contribution in [2.75, 3.05) is 7.11 Å². The molecule has 0 unspecified atom stereocenters. The second kappa shape index (κ2) is 3.81. The van der Waals surface area contributed by atoms with Crippen LogP contribution >= 0.6 is 0 Å². The molecule has 0 aliphatic carbocycles. The van der Waals surface area contributed by atoms with Crippen LogP contribution in [0.1, 0.15) is 12.0 Å². The van der Waals surface area contributed by atoms with Crippen molar-refractivity contribution in [2.24, 2.45) is 0 Å². The third kappa shape index (κ3) is 1.63. The summed E-state index contributed by atoms with van der Waals surface area (Å²) in [6.07, 6.45) is -0.989. The van der Waals surface area contributed by atoms with E-state index >= 15 is 0 Å². The summed E-state index contributed by atoms with van der Waals surface area (Å²) in [6.45, 7) is 0. The molecule has 2 nitrogen and oxygen atoms in total. The number of pyridine rings is 1. The largest absolute Gasteiger partial charge is 0.496 e. The predicted molar refractivity (Wildman–Crippen MR) is 53.3 cm³/mol. The van der Waals surface area contributed by atoms with Crippen molar-refractivity contribution >= 4 is 10.9 Å². The molecule has 0 aliphatic rings. The third-order valence-electron chi connectivity index (χ3n) is 2.22. The highest BCUT2D eigenvalue weighted by Crippen LogP contribution is 2.34. The van der Waals surface area contributed by atoms with Gasteiger partial charge in [0, 0.05) is 11.6 Å². The SMILES string of the molecule is COc1ccc2ncccc2c1C(F)F. The molecule has 0 atom stereocenters. The van der Waals surface area contributed by atoms with E-state index in [1.54, 1.807) is 24.4 Å².